The topological polar surface area (TPSA) is 66.6 Å². The van der Waals surface area contributed by atoms with Gasteiger partial charge in [-0.1, -0.05) is 15.9 Å². The fraction of sp³-hybridized carbons (Fsp3) is 0.364. The van der Waals surface area contributed by atoms with Gasteiger partial charge in [-0.15, -0.1) is 0 Å². The molecule has 2 rings (SSSR count). The average molecular weight is 285 g/mol. The predicted molar refractivity (Wildman–Crippen MR) is 67.1 cm³/mol. The molecule has 1 aliphatic rings. The lowest BCUT2D eigenvalue weighted by Crippen LogP contribution is -2.27. The summed E-state index contributed by atoms with van der Waals surface area (Å²) in [6, 6.07) is 1.59. The monoisotopic (exact) mass is 284 g/mol. The second-order valence-corrected chi connectivity index (χ2v) is 4.83. The number of carboxylic acid groups (broad SMARTS) is 1. The molecule has 0 fully saturated rings. The molecule has 0 bridgehead atoms. The second-order valence-electron chi connectivity index (χ2n) is 3.98. The zero-order valence-electron chi connectivity index (χ0n) is 8.96. The normalized spacial score (nSPS) is 14.8. The van der Waals surface area contributed by atoms with Crippen molar-refractivity contribution in [2.45, 2.75) is 12.8 Å². The summed E-state index contributed by atoms with van der Waals surface area (Å²) in [7, 11) is 1.94. The van der Waals surface area contributed by atoms with Crippen molar-refractivity contribution in [2.24, 2.45) is 0 Å². The fourth-order valence-corrected chi connectivity index (χ4v) is 2.77. The van der Waals surface area contributed by atoms with Gasteiger partial charge in [0.05, 0.1) is 16.9 Å². The van der Waals surface area contributed by atoms with Crippen LogP contribution in [0.3, 0.4) is 0 Å². The van der Waals surface area contributed by atoms with Gasteiger partial charge in [0.15, 0.2) is 0 Å². The number of rotatable bonds is 1. The first-order chi connectivity index (χ1) is 7.52. The van der Waals surface area contributed by atoms with Crippen LogP contribution in [0.25, 0.3) is 0 Å². The van der Waals surface area contributed by atoms with Gasteiger partial charge in [0, 0.05) is 18.1 Å². The Balaban J connectivity index is 2.69. The Morgan fingerprint density at radius 2 is 2.31 bits per heavy atom. The Kier molecular flexibility index (Phi) is 2.80. The number of halogens is 1. The molecule has 0 aliphatic carbocycles. The quantitative estimate of drug-likeness (QED) is 0.776. The zero-order valence-corrected chi connectivity index (χ0v) is 10.5. The van der Waals surface area contributed by atoms with Gasteiger partial charge >= 0.3 is 5.97 Å². The fourth-order valence-electron chi connectivity index (χ4n) is 2.15. The van der Waals surface area contributed by atoms with Gasteiger partial charge in [-0.05, 0) is 24.5 Å². The SMILES string of the molecule is CN1CCCc2c(Br)cc(C(=O)O)c(N)c21. The van der Waals surface area contributed by atoms with Crippen molar-refractivity contribution in [2.75, 3.05) is 24.2 Å². The molecule has 0 aromatic heterocycles. The van der Waals surface area contributed by atoms with Crippen LogP contribution in [0.15, 0.2) is 10.5 Å². The maximum absolute atomic E-state index is 11.0. The van der Waals surface area contributed by atoms with E-state index in [4.69, 9.17) is 10.8 Å². The number of carbonyl (C=O) groups is 1. The van der Waals surface area contributed by atoms with E-state index in [0.717, 1.165) is 35.1 Å². The van der Waals surface area contributed by atoms with Gasteiger partial charge in [0.25, 0.3) is 0 Å². The van der Waals surface area contributed by atoms with E-state index in [0.29, 0.717) is 5.69 Å². The van der Waals surface area contributed by atoms with Crippen LogP contribution >= 0.6 is 15.9 Å². The number of aromatic carboxylic acids is 1. The summed E-state index contributed by atoms with van der Waals surface area (Å²) in [6.45, 7) is 0.909. The number of nitrogens with two attached hydrogens (primary N) is 1. The van der Waals surface area contributed by atoms with Gasteiger partial charge in [0.2, 0.25) is 0 Å². The molecular formula is C11H13BrN2O2. The molecule has 0 saturated carbocycles. The molecular weight excluding hydrogens is 272 g/mol. The molecule has 5 heteroatoms. The smallest absolute Gasteiger partial charge is 0.337 e. The Bertz CT molecular complexity index is 460. The first-order valence-electron chi connectivity index (χ1n) is 5.07. The largest absolute Gasteiger partial charge is 0.478 e. The Labute approximate surface area is 102 Å². The molecule has 1 heterocycles. The average Bonchev–Trinajstić information content (AvgIpc) is 2.22. The summed E-state index contributed by atoms with van der Waals surface area (Å²) in [5.74, 6) is -0.986. The molecule has 0 spiro atoms. The summed E-state index contributed by atoms with van der Waals surface area (Å²) >= 11 is 3.42. The lowest BCUT2D eigenvalue weighted by molar-refractivity contribution is 0.0698. The van der Waals surface area contributed by atoms with E-state index in [-0.39, 0.29) is 5.56 Å². The van der Waals surface area contributed by atoms with Crippen LogP contribution in [-0.4, -0.2) is 24.7 Å². The van der Waals surface area contributed by atoms with Crippen LogP contribution in [0.4, 0.5) is 11.4 Å². The molecule has 1 aromatic carbocycles. The number of anilines is 2. The highest BCUT2D eigenvalue weighted by Gasteiger charge is 2.23. The lowest BCUT2D eigenvalue weighted by Gasteiger charge is -2.30. The van der Waals surface area contributed by atoms with Crippen LogP contribution in [0.5, 0.6) is 0 Å². The molecule has 1 aliphatic heterocycles. The van der Waals surface area contributed by atoms with Crippen LogP contribution in [0.2, 0.25) is 0 Å². The highest BCUT2D eigenvalue weighted by molar-refractivity contribution is 9.10. The molecule has 4 nitrogen and oxygen atoms in total. The van der Waals surface area contributed by atoms with Crippen molar-refractivity contribution in [3.8, 4) is 0 Å². The summed E-state index contributed by atoms with van der Waals surface area (Å²) < 4.78 is 0.834. The number of nitrogen functional groups attached to an aromatic ring is 1. The van der Waals surface area contributed by atoms with Gasteiger partial charge in [0.1, 0.15) is 0 Å². The number of carboxylic acids is 1. The third kappa shape index (κ3) is 1.65. The van der Waals surface area contributed by atoms with Gasteiger partial charge in [-0.25, -0.2) is 4.79 Å². The van der Waals surface area contributed by atoms with Gasteiger partial charge in [-0.2, -0.15) is 0 Å². The third-order valence-electron chi connectivity index (χ3n) is 2.92. The zero-order chi connectivity index (χ0) is 11.9. The maximum atomic E-state index is 11.0. The van der Waals surface area contributed by atoms with Crippen molar-refractivity contribution < 1.29 is 9.90 Å². The molecule has 3 N–H and O–H groups in total. The Hall–Kier alpha value is -1.23. The third-order valence-corrected chi connectivity index (χ3v) is 3.63. The molecule has 0 unspecified atom stereocenters. The van der Waals surface area contributed by atoms with E-state index in [1.165, 1.54) is 0 Å². The number of benzene rings is 1. The molecule has 0 saturated heterocycles. The highest BCUT2D eigenvalue weighted by Crippen LogP contribution is 2.39. The molecule has 0 amide bonds. The Morgan fingerprint density at radius 1 is 1.62 bits per heavy atom. The second kappa shape index (κ2) is 3.97. The van der Waals surface area contributed by atoms with E-state index in [1.54, 1.807) is 6.07 Å². The molecule has 1 aromatic rings. The first kappa shape index (κ1) is 11.3. The van der Waals surface area contributed by atoms with E-state index in [1.807, 2.05) is 11.9 Å². The Morgan fingerprint density at radius 3 is 2.94 bits per heavy atom. The van der Waals surface area contributed by atoms with Crippen LogP contribution in [0, 0.1) is 0 Å². The molecule has 16 heavy (non-hydrogen) atoms. The highest BCUT2D eigenvalue weighted by atomic mass is 79.9. The maximum Gasteiger partial charge on any atom is 0.337 e. The van der Waals surface area contributed by atoms with Gasteiger partial charge < -0.3 is 15.7 Å². The molecule has 0 atom stereocenters. The standard InChI is InChI=1S/C11H13BrN2O2/c1-14-4-2-3-6-8(12)5-7(11(15)16)9(13)10(6)14/h5H,2-4,13H2,1H3,(H,15,16). The number of nitrogens with zero attached hydrogens (tertiary/aromatic N) is 1. The van der Waals surface area contributed by atoms with Crippen molar-refractivity contribution in [3.63, 3.8) is 0 Å². The van der Waals surface area contributed by atoms with Crippen molar-refractivity contribution in [1.82, 2.24) is 0 Å². The predicted octanol–water partition coefficient (Wildman–Crippen LogP) is 2.11. The first-order valence-corrected chi connectivity index (χ1v) is 5.87. The minimum atomic E-state index is -0.986. The number of fused-ring (bicyclic) bond motifs is 1. The van der Waals surface area contributed by atoms with E-state index in [9.17, 15) is 4.79 Å². The van der Waals surface area contributed by atoms with E-state index in [2.05, 4.69) is 15.9 Å². The molecule has 0 radical (unpaired) electrons. The summed E-state index contributed by atoms with van der Waals surface area (Å²) in [5.41, 5.74) is 8.42. The number of hydrogen-bond donors (Lipinski definition) is 2. The van der Waals surface area contributed by atoms with E-state index >= 15 is 0 Å². The minimum Gasteiger partial charge on any atom is -0.478 e. The van der Waals surface area contributed by atoms with Crippen molar-refractivity contribution >= 4 is 33.3 Å². The van der Waals surface area contributed by atoms with Gasteiger partial charge in [-0.3, -0.25) is 0 Å². The summed E-state index contributed by atoms with van der Waals surface area (Å²) in [5, 5.41) is 9.06. The van der Waals surface area contributed by atoms with Crippen molar-refractivity contribution in [3.05, 3.63) is 21.7 Å². The van der Waals surface area contributed by atoms with Crippen LogP contribution in [0.1, 0.15) is 22.3 Å². The summed E-state index contributed by atoms with van der Waals surface area (Å²) in [6.07, 6.45) is 2.00. The van der Waals surface area contributed by atoms with Crippen LogP contribution < -0.4 is 10.6 Å². The minimum absolute atomic E-state index is 0.166. The lowest BCUT2D eigenvalue weighted by atomic mass is 9.98. The van der Waals surface area contributed by atoms with E-state index < -0.39 is 5.97 Å². The van der Waals surface area contributed by atoms with Crippen molar-refractivity contribution in [1.29, 1.82) is 0 Å². The number of hydrogen-bond acceptors (Lipinski definition) is 3. The molecule has 86 valence electrons. The summed E-state index contributed by atoms with van der Waals surface area (Å²) in [4.78, 5) is 13.1. The van der Waals surface area contributed by atoms with Crippen LogP contribution in [-0.2, 0) is 6.42 Å².